The molecule has 1 aromatic rings. The van der Waals surface area contributed by atoms with E-state index in [-0.39, 0.29) is 11.8 Å². The summed E-state index contributed by atoms with van der Waals surface area (Å²) >= 11 is 0. The molecule has 0 unspecified atom stereocenters. The average molecular weight is 345 g/mol. The number of alkyl halides is 3. The Hall–Kier alpha value is -1.77. The third-order valence-corrected chi connectivity index (χ3v) is 4.51. The fourth-order valence-electron chi connectivity index (χ4n) is 3.39. The van der Waals surface area contributed by atoms with Crippen molar-refractivity contribution in [2.45, 2.75) is 32.0 Å². The largest absolute Gasteiger partial charge is 0.408 e. The lowest BCUT2D eigenvalue weighted by atomic mass is 10.1. The van der Waals surface area contributed by atoms with Crippen LogP contribution in [0.2, 0.25) is 0 Å². The molecular weight excluding hydrogens is 323 g/mol. The number of hydrogen-bond donors (Lipinski definition) is 1. The van der Waals surface area contributed by atoms with Gasteiger partial charge in [0.15, 0.2) is 5.82 Å². The number of rotatable bonds is 4. The minimum Gasteiger partial charge on any atom is -0.324 e. The number of anilines is 1. The van der Waals surface area contributed by atoms with Gasteiger partial charge in [-0.3, -0.25) is 10.00 Å². The summed E-state index contributed by atoms with van der Waals surface area (Å²) in [6.07, 6.45) is 0.343. The Morgan fingerprint density at radius 1 is 1.29 bits per heavy atom. The van der Waals surface area contributed by atoms with Crippen LogP contribution < -0.4 is 5.32 Å². The number of carbonyl (C=O) groups excluding carboxylic acids is 1. The van der Waals surface area contributed by atoms with Gasteiger partial charge in [0, 0.05) is 31.9 Å². The van der Waals surface area contributed by atoms with E-state index < -0.39 is 12.7 Å². The maximum absolute atomic E-state index is 12.3. The van der Waals surface area contributed by atoms with Crippen LogP contribution in [0, 0.1) is 5.92 Å². The summed E-state index contributed by atoms with van der Waals surface area (Å²) in [5.74, 6) is 0.615. The molecule has 9 heteroatoms. The van der Waals surface area contributed by atoms with Crippen molar-refractivity contribution in [2.75, 3.05) is 38.0 Å². The molecule has 2 aliphatic heterocycles. The molecule has 1 N–H and O–H groups in total. The van der Waals surface area contributed by atoms with Gasteiger partial charge in [0.25, 0.3) is 0 Å². The number of likely N-dealkylation sites (tertiary alicyclic amines) is 2. The lowest BCUT2D eigenvalue weighted by molar-refractivity contribution is -0.142. The zero-order chi connectivity index (χ0) is 17.2. The Labute approximate surface area is 138 Å². The first-order chi connectivity index (χ1) is 11.4. The number of nitrogens with zero attached hydrogens (tertiary/aromatic N) is 4. The van der Waals surface area contributed by atoms with Gasteiger partial charge in [0.05, 0.1) is 0 Å². The predicted octanol–water partition coefficient (Wildman–Crippen LogP) is 2.40. The van der Waals surface area contributed by atoms with Crippen molar-refractivity contribution in [3.05, 3.63) is 12.3 Å². The molecule has 3 heterocycles. The van der Waals surface area contributed by atoms with Crippen molar-refractivity contribution in [3.63, 3.8) is 0 Å². The molecule has 0 bridgehead atoms. The van der Waals surface area contributed by atoms with Crippen LogP contribution in [-0.4, -0.2) is 64.5 Å². The van der Waals surface area contributed by atoms with Crippen LogP contribution in [0.5, 0.6) is 0 Å². The fraction of sp³-hybridized carbons (Fsp3) is 0.733. The first-order valence-electron chi connectivity index (χ1n) is 8.27. The fourth-order valence-corrected chi connectivity index (χ4v) is 3.39. The lowest BCUT2D eigenvalue weighted by Crippen LogP contribution is -2.35. The highest BCUT2D eigenvalue weighted by molar-refractivity contribution is 5.88. The maximum atomic E-state index is 12.3. The first-order valence-corrected chi connectivity index (χ1v) is 8.27. The first kappa shape index (κ1) is 17.1. The van der Waals surface area contributed by atoms with E-state index in [1.54, 1.807) is 4.90 Å². The molecule has 0 saturated carbocycles. The van der Waals surface area contributed by atoms with Crippen LogP contribution in [0.15, 0.2) is 12.3 Å². The van der Waals surface area contributed by atoms with Crippen LogP contribution in [0.4, 0.5) is 23.8 Å². The average Bonchev–Trinajstić information content (AvgIpc) is 3.20. The molecule has 134 valence electrons. The second kappa shape index (κ2) is 7.00. The summed E-state index contributed by atoms with van der Waals surface area (Å²) in [7, 11) is 0. The van der Waals surface area contributed by atoms with Crippen LogP contribution in [0.1, 0.15) is 19.3 Å². The van der Waals surface area contributed by atoms with Gasteiger partial charge in [-0.1, -0.05) is 0 Å². The SMILES string of the molecule is O=C(Nc1ccn(CC(F)(F)F)n1)N1CC[C@@H](CN2CCCC2)C1. The van der Waals surface area contributed by atoms with E-state index in [1.807, 2.05) is 0 Å². The van der Waals surface area contributed by atoms with Gasteiger partial charge in [0.2, 0.25) is 0 Å². The van der Waals surface area contributed by atoms with E-state index in [2.05, 4.69) is 15.3 Å². The van der Waals surface area contributed by atoms with Gasteiger partial charge < -0.3 is 9.80 Å². The van der Waals surface area contributed by atoms with Gasteiger partial charge in [-0.15, -0.1) is 0 Å². The second-order valence-corrected chi connectivity index (χ2v) is 6.55. The van der Waals surface area contributed by atoms with Crippen LogP contribution in [0.3, 0.4) is 0 Å². The van der Waals surface area contributed by atoms with E-state index in [1.165, 1.54) is 25.1 Å². The van der Waals surface area contributed by atoms with Crippen molar-refractivity contribution >= 4 is 11.8 Å². The minimum absolute atomic E-state index is 0.146. The summed E-state index contributed by atoms with van der Waals surface area (Å²) in [5.41, 5.74) is 0. The lowest BCUT2D eigenvalue weighted by Gasteiger charge is -2.20. The van der Waals surface area contributed by atoms with Crippen LogP contribution >= 0.6 is 0 Å². The minimum atomic E-state index is -4.33. The highest BCUT2D eigenvalue weighted by atomic mass is 19.4. The van der Waals surface area contributed by atoms with Crippen LogP contribution in [-0.2, 0) is 6.54 Å². The third kappa shape index (κ3) is 4.62. The molecule has 0 aliphatic carbocycles. The Bertz CT molecular complexity index is 568. The molecular formula is C15H22F3N5O. The number of carbonyl (C=O) groups is 1. The van der Waals surface area contributed by atoms with Crippen molar-refractivity contribution in [3.8, 4) is 0 Å². The third-order valence-electron chi connectivity index (χ3n) is 4.51. The van der Waals surface area contributed by atoms with Gasteiger partial charge in [-0.25, -0.2) is 4.79 Å². The van der Waals surface area contributed by atoms with E-state index in [0.29, 0.717) is 19.0 Å². The molecule has 24 heavy (non-hydrogen) atoms. The normalized spacial score (nSPS) is 22.3. The van der Waals surface area contributed by atoms with E-state index in [4.69, 9.17) is 0 Å². The zero-order valence-electron chi connectivity index (χ0n) is 13.4. The number of nitrogens with one attached hydrogen (secondary N) is 1. The quantitative estimate of drug-likeness (QED) is 0.912. The molecule has 2 aliphatic rings. The van der Waals surface area contributed by atoms with E-state index in [0.717, 1.165) is 30.7 Å². The summed E-state index contributed by atoms with van der Waals surface area (Å²) in [5, 5.41) is 6.32. The summed E-state index contributed by atoms with van der Waals surface area (Å²) in [6, 6.07) is 1.08. The highest BCUT2D eigenvalue weighted by Gasteiger charge is 2.30. The number of halogens is 3. The molecule has 3 rings (SSSR count). The van der Waals surface area contributed by atoms with E-state index >= 15 is 0 Å². The van der Waals surface area contributed by atoms with Gasteiger partial charge in [0.1, 0.15) is 6.54 Å². The van der Waals surface area contributed by atoms with E-state index in [9.17, 15) is 18.0 Å². The van der Waals surface area contributed by atoms with Crippen molar-refractivity contribution in [1.82, 2.24) is 19.6 Å². The monoisotopic (exact) mass is 345 g/mol. The molecule has 0 radical (unpaired) electrons. The smallest absolute Gasteiger partial charge is 0.324 e. The van der Waals surface area contributed by atoms with Gasteiger partial charge in [-0.2, -0.15) is 18.3 Å². The number of hydrogen-bond acceptors (Lipinski definition) is 3. The summed E-state index contributed by atoms with van der Waals surface area (Å²) in [4.78, 5) is 16.4. The van der Waals surface area contributed by atoms with Crippen molar-refractivity contribution in [2.24, 2.45) is 5.92 Å². The predicted molar refractivity (Wildman–Crippen MR) is 82.7 cm³/mol. The second-order valence-electron chi connectivity index (χ2n) is 6.55. The standard InChI is InChI=1S/C15H22F3N5O/c16-15(17,18)11-23-8-4-13(20-23)19-14(24)22-7-3-12(10-22)9-21-5-1-2-6-21/h4,8,12H,1-3,5-7,9-11H2,(H,19,20,24)/t12-/m0/s1. The molecule has 1 atom stereocenters. The Morgan fingerprint density at radius 3 is 2.75 bits per heavy atom. The maximum Gasteiger partial charge on any atom is 0.408 e. The Balaban J connectivity index is 1.47. The van der Waals surface area contributed by atoms with Crippen molar-refractivity contribution in [1.29, 1.82) is 0 Å². The molecule has 1 aromatic heterocycles. The summed E-state index contributed by atoms with van der Waals surface area (Å²) < 4.78 is 37.7. The Morgan fingerprint density at radius 2 is 2.04 bits per heavy atom. The molecule has 2 fully saturated rings. The molecule has 6 nitrogen and oxygen atoms in total. The van der Waals surface area contributed by atoms with Gasteiger partial charge >= 0.3 is 12.2 Å². The highest BCUT2D eigenvalue weighted by Crippen LogP contribution is 2.21. The topological polar surface area (TPSA) is 53.4 Å². The number of urea groups is 1. The zero-order valence-corrected chi connectivity index (χ0v) is 13.4. The Kier molecular flexibility index (Phi) is 4.98. The van der Waals surface area contributed by atoms with Crippen molar-refractivity contribution < 1.29 is 18.0 Å². The number of aromatic nitrogens is 2. The van der Waals surface area contributed by atoms with Crippen LogP contribution in [0.25, 0.3) is 0 Å². The molecule has 2 amide bonds. The van der Waals surface area contributed by atoms with Gasteiger partial charge in [-0.05, 0) is 38.3 Å². The number of amides is 2. The molecule has 2 saturated heterocycles. The summed E-state index contributed by atoms with van der Waals surface area (Å²) in [6.45, 7) is 3.49. The molecule has 0 aromatic carbocycles. The molecule has 0 spiro atoms.